The second-order valence-corrected chi connectivity index (χ2v) is 5.22. The van der Waals surface area contributed by atoms with Crippen molar-refractivity contribution in [2.75, 3.05) is 20.6 Å². The Balaban J connectivity index is 4.24. The van der Waals surface area contributed by atoms with Gasteiger partial charge in [0.1, 0.15) is 0 Å². The standard InChI is InChI=1S/C12H26N2O/c1-9(2)7-11(12(15)14(5)6)13-8-10(3)4/h9-11,13H,7-8H2,1-6H3. The topological polar surface area (TPSA) is 32.3 Å². The van der Waals surface area contributed by atoms with Gasteiger partial charge in [-0.2, -0.15) is 0 Å². The zero-order valence-corrected chi connectivity index (χ0v) is 11.0. The van der Waals surface area contributed by atoms with E-state index < -0.39 is 0 Å². The quantitative estimate of drug-likeness (QED) is 0.730. The summed E-state index contributed by atoms with van der Waals surface area (Å²) in [5.74, 6) is 1.30. The van der Waals surface area contributed by atoms with Crippen LogP contribution in [-0.2, 0) is 4.79 Å². The van der Waals surface area contributed by atoms with Crippen molar-refractivity contribution < 1.29 is 4.79 Å². The van der Waals surface area contributed by atoms with Crippen molar-refractivity contribution in [3.8, 4) is 0 Å². The maximum Gasteiger partial charge on any atom is 0.239 e. The molecule has 0 aromatic rings. The van der Waals surface area contributed by atoms with Gasteiger partial charge in [-0.05, 0) is 24.8 Å². The fraction of sp³-hybridized carbons (Fsp3) is 0.917. The van der Waals surface area contributed by atoms with Gasteiger partial charge in [0.05, 0.1) is 6.04 Å². The molecule has 0 rings (SSSR count). The molecule has 0 aliphatic heterocycles. The highest BCUT2D eigenvalue weighted by molar-refractivity contribution is 5.81. The van der Waals surface area contributed by atoms with Gasteiger partial charge < -0.3 is 10.2 Å². The number of hydrogen-bond donors (Lipinski definition) is 1. The zero-order valence-electron chi connectivity index (χ0n) is 11.0. The van der Waals surface area contributed by atoms with Crippen LogP contribution in [0.2, 0.25) is 0 Å². The number of rotatable bonds is 6. The molecule has 0 aliphatic rings. The first-order valence-corrected chi connectivity index (χ1v) is 5.79. The molecule has 0 aromatic heterocycles. The van der Waals surface area contributed by atoms with E-state index >= 15 is 0 Å². The number of amides is 1. The molecule has 0 aliphatic carbocycles. The Hall–Kier alpha value is -0.570. The number of nitrogens with zero attached hydrogens (tertiary/aromatic N) is 1. The summed E-state index contributed by atoms with van der Waals surface area (Å²) in [5.41, 5.74) is 0. The second kappa shape index (κ2) is 6.83. The third-order valence-electron chi connectivity index (χ3n) is 2.22. The van der Waals surface area contributed by atoms with Crippen LogP contribution in [0.4, 0.5) is 0 Å². The van der Waals surface area contributed by atoms with E-state index in [0.717, 1.165) is 13.0 Å². The van der Waals surface area contributed by atoms with Crippen LogP contribution >= 0.6 is 0 Å². The van der Waals surface area contributed by atoms with E-state index in [0.29, 0.717) is 11.8 Å². The number of carbonyl (C=O) groups excluding carboxylic acids is 1. The van der Waals surface area contributed by atoms with Gasteiger partial charge >= 0.3 is 0 Å². The van der Waals surface area contributed by atoms with Gasteiger partial charge in [0.15, 0.2) is 0 Å². The number of hydrogen-bond acceptors (Lipinski definition) is 2. The van der Waals surface area contributed by atoms with E-state index in [2.05, 4.69) is 33.0 Å². The van der Waals surface area contributed by atoms with Crippen LogP contribution in [0.1, 0.15) is 34.1 Å². The molecule has 0 fully saturated rings. The Labute approximate surface area is 94.2 Å². The van der Waals surface area contributed by atoms with Gasteiger partial charge in [0.25, 0.3) is 0 Å². The van der Waals surface area contributed by atoms with E-state index in [4.69, 9.17) is 0 Å². The van der Waals surface area contributed by atoms with Gasteiger partial charge in [-0.25, -0.2) is 0 Å². The molecule has 0 saturated heterocycles. The Morgan fingerprint density at radius 2 is 1.67 bits per heavy atom. The lowest BCUT2D eigenvalue weighted by Crippen LogP contribution is -2.45. The van der Waals surface area contributed by atoms with Crippen molar-refractivity contribution in [1.82, 2.24) is 10.2 Å². The molecule has 1 amide bonds. The maximum atomic E-state index is 11.9. The summed E-state index contributed by atoms with van der Waals surface area (Å²) in [6.45, 7) is 9.50. The van der Waals surface area contributed by atoms with Crippen molar-refractivity contribution in [1.29, 1.82) is 0 Å². The average Bonchev–Trinajstić information content (AvgIpc) is 2.10. The minimum Gasteiger partial charge on any atom is -0.347 e. The van der Waals surface area contributed by atoms with Crippen LogP contribution in [-0.4, -0.2) is 37.5 Å². The minimum atomic E-state index is -0.0256. The van der Waals surface area contributed by atoms with Crippen molar-refractivity contribution in [3.05, 3.63) is 0 Å². The second-order valence-electron chi connectivity index (χ2n) is 5.22. The summed E-state index contributed by atoms with van der Waals surface area (Å²) in [7, 11) is 3.62. The van der Waals surface area contributed by atoms with E-state index in [1.807, 2.05) is 14.1 Å². The predicted octanol–water partition coefficient (Wildman–Crippen LogP) is 1.73. The molecule has 0 saturated carbocycles. The molecule has 3 nitrogen and oxygen atoms in total. The van der Waals surface area contributed by atoms with Crippen LogP contribution in [0.15, 0.2) is 0 Å². The van der Waals surface area contributed by atoms with Crippen LogP contribution in [0.3, 0.4) is 0 Å². The monoisotopic (exact) mass is 214 g/mol. The normalized spacial score (nSPS) is 13.3. The first kappa shape index (κ1) is 14.4. The molecule has 0 spiro atoms. The fourth-order valence-corrected chi connectivity index (χ4v) is 1.43. The zero-order chi connectivity index (χ0) is 12.0. The largest absolute Gasteiger partial charge is 0.347 e. The highest BCUT2D eigenvalue weighted by Crippen LogP contribution is 2.07. The van der Waals surface area contributed by atoms with E-state index in [-0.39, 0.29) is 11.9 Å². The molecule has 0 aromatic carbocycles. The van der Waals surface area contributed by atoms with Gasteiger partial charge in [0.2, 0.25) is 5.91 Å². The summed E-state index contributed by atoms with van der Waals surface area (Å²) in [4.78, 5) is 13.5. The van der Waals surface area contributed by atoms with Crippen LogP contribution < -0.4 is 5.32 Å². The van der Waals surface area contributed by atoms with Gasteiger partial charge in [-0.15, -0.1) is 0 Å². The summed E-state index contributed by atoms with van der Waals surface area (Å²) < 4.78 is 0. The van der Waals surface area contributed by atoms with Gasteiger partial charge in [0, 0.05) is 14.1 Å². The SMILES string of the molecule is CC(C)CNC(CC(C)C)C(=O)N(C)C. The van der Waals surface area contributed by atoms with E-state index in [1.54, 1.807) is 4.90 Å². The molecule has 1 atom stereocenters. The van der Waals surface area contributed by atoms with Crippen LogP contribution in [0, 0.1) is 11.8 Å². The lowest BCUT2D eigenvalue weighted by molar-refractivity contribution is -0.131. The minimum absolute atomic E-state index is 0.0256. The summed E-state index contributed by atoms with van der Waals surface area (Å²) in [5, 5.41) is 3.34. The maximum absolute atomic E-state index is 11.9. The van der Waals surface area contributed by atoms with E-state index in [9.17, 15) is 4.79 Å². The van der Waals surface area contributed by atoms with Crippen LogP contribution in [0.25, 0.3) is 0 Å². The number of likely N-dealkylation sites (N-methyl/N-ethyl adjacent to an activating group) is 1. The molecule has 0 radical (unpaired) electrons. The predicted molar refractivity (Wildman–Crippen MR) is 64.8 cm³/mol. The Morgan fingerprint density at radius 3 is 2.00 bits per heavy atom. The summed E-state index contributed by atoms with van der Waals surface area (Å²) in [6, 6.07) is -0.0256. The van der Waals surface area contributed by atoms with Crippen molar-refractivity contribution in [2.45, 2.75) is 40.2 Å². The fourth-order valence-electron chi connectivity index (χ4n) is 1.43. The van der Waals surface area contributed by atoms with Crippen molar-refractivity contribution >= 4 is 5.91 Å². The highest BCUT2D eigenvalue weighted by Gasteiger charge is 2.20. The smallest absolute Gasteiger partial charge is 0.239 e. The van der Waals surface area contributed by atoms with Gasteiger partial charge in [-0.1, -0.05) is 27.7 Å². The Kier molecular flexibility index (Phi) is 6.57. The molecular formula is C12H26N2O. The Morgan fingerprint density at radius 1 is 1.13 bits per heavy atom. The third kappa shape index (κ3) is 6.50. The highest BCUT2D eigenvalue weighted by atomic mass is 16.2. The number of carbonyl (C=O) groups is 1. The van der Waals surface area contributed by atoms with Crippen LogP contribution in [0.5, 0.6) is 0 Å². The molecule has 1 unspecified atom stereocenters. The molecule has 0 bridgehead atoms. The first-order chi connectivity index (χ1) is 6.84. The van der Waals surface area contributed by atoms with Crippen molar-refractivity contribution in [2.24, 2.45) is 11.8 Å². The average molecular weight is 214 g/mol. The summed E-state index contributed by atoms with van der Waals surface area (Å²) in [6.07, 6.45) is 0.906. The lowest BCUT2D eigenvalue weighted by Gasteiger charge is -2.24. The molecule has 1 N–H and O–H groups in total. The summed E-state index contributed by atoms with van der Waals surface area (Å²) >= 11 is 0. The van der Waals surface area contributed by atoms with Gasteiger partial charge in [-0.3, -0.25) is 4.79 Å². The molecule has 3 heteroatoms. The lowest BCUT2D eigenvalue weighted by atomic mass is 10.0. The van der Waals surface area contributed by atoms with Crippen molar-refractivity contribution in [3.63, 3.8) is 0 Å². The molecule has 15 heavy (non-hydrogen) atoms. The Bertz CT molecular complexity index is 188. The first-order valence-electron chi connectivity index (χ1n) is 5.79. The molecule has 0 heterocycles. The van der Waals surface area contributed by atoms with E-state index in [1.165, 1.54) is 0 Å². The number of nitrogens with one attached hydrogen (secondary N) is 1. The molecule has 90 valence electrons. The molecular weight excluding hydrogens is 188 g/mol. The third-order valence-corrected chi connectivity index (χ3v) is 2.22.